The number of nitrogens with zero attached hydrogens (tertiary/aromatic N) is 1. The Balaban J connectivity index is 1.74. The van der Waals surface area contributed by atoms with Crippen LogP contribution >= 0.6 is 11.6 Å². The van der Waals surface area contributed by atoms with E-state index >= 15 is 0 Å². The SMILES string of the molecule is COC(=O)NCCCC(O)(c1cccc(Cl)c1-c1cnc2ccccc2c1)C1CCCNC1. The molecule has 2 atom stereocenters. The van der Waals surface area contributed by atoms with Crippen molar-refractivity contribution >= 4 is 28.6 Å². The molecule has 0 spiro atoms. The van der Waals surface area contributed by atoms with E-state index in [0.717, 1.165) is 53.5 Å². The van der Waals surface area contributed by atoms with E-state index in [1.54, 1.807) is 0 Å². The van der Waals surface area contributed by atoms with Crippen molar-refractivity contribution in [1.82, 2.24) is 15.6 Å². The molecule has 33 heavy (non-hydrogen) atoms. The fourth-order valence-electron chi connectivity index (χ4n) is 4.82. The van der Waals surface area contributed by atoms with E-state index in [1.165, 1.54) is 7.11 Å². The maximum atomic E-state index is 12.2. The fourth-order valence-corrected chi connectivity index (χ4v) is 5.11. The zero-order chi connectivity index (χ0) is 23.3. The van der Waals surface area contributed by atoms with Gasteiger partial charge < -0.3 is 20.5 Å². The van der Waals surface area contributed by atoms with Crippen LogP contribution in [0.1, 0.15) is 31.2 Å². The van der Waals surface area contributed by atoms with Gasteiger partial charge in [0.05, 0.1) is 18.2 Å². The number of fused-ring (bicyclic) bond motifs is 1. The van der Waals surface area contributed by atoms with Gasteiger partial charge in [0.25, 0.3) is 0 Å². The lowest BCUT2D eigenvalue weighted by Gasteiger charge is -2.40. The van der Waals surface area contributed by atoms with Crippen LogP contribution in [0.25, 0.3) is 22.0 Å². The van der Waals surface area contributed by atoms with Gasteiger partial charge in [-0.1, -0.05) is 41.9 Å². The van der Waals surface area contributed by atoms with Gasteiger partial charge in [0.2, 0.25) is 0 Å². The summed E-state index contributed by atoms with van der Waals surface area (Å²) in [6, 6.07) is 15.7. The molecule has 3 aromatic rings. The van der Waals surface area contributed by atoms with Crippen LogP contribution in [-0.2, 0) is 10.3 Å². The second kappa shape index (κ2) is 10.5. The molecule has 0 saturated carbocycles. The van der Waals surface area contributed by atoms with E-state index in [9.17, 15) is 9.90 Å². The maximum Gasteiger partial charge on any atom is 0.406 e. The summed E-state index contributed by atoms with van der Waals surface area (Å²) in [5.74, 6) is 0.0232. The average molecular weight is 468 g/mol. The van der Waals surface area contributed by atoms with Crippen LogP contribution in [0.5, 0.6) is 0 Å². The summed E-state index contributed by atoms with van der Waals surface area (Å²) in [6.07, 6.45) is 4.35. The van der Waals surface area contributed by atoms with Gasteiger partial charge in [-0.15, -0.1) is 0 Å². The second-order valence-electron chi connectivity index (χ2n) is 8.57. The van der Waals surface area contributed by atoms with Gasteiger partial charge in [-0.2, -0.15) is 0 Å². The maximum absolute atomic E-state index is 12.2. The third-order valence-electron chi connectivity index (χ3n) is 6.52. The third-order valence-corrected chi connectivity index (χ3v) is 6.84. The number of ether oxygens (including phenoxy) is 1. The molecule has 1 fully saturated rings. The van der Waals surface area contributed by atoms with Gasteiger partial charge in [-0.05, 0) is 56.0 Å². The van der Waals surface area contributed by atoms with Crippen LogP contribution in [-0.4, -0.2) is 42.9 Å². The highest BCUT2D eigenvalue weighted by Gasteiger charge is 2.40. The molecule has 2 unspecified atom stereocenters. The van der Waals surface area contributed by atoms with Gasteiger partial charge in [-0.3, -0.25) is 4.98 Å². The highest BCUT2D eigenvalue weighted by Crippen LogP contribution is 2.45. The molecule has 0 bridgehead atoms. The first-order chi connectivity index (χ1) is 16.0. The average Bonchev–Trinajstić information content (AvgIpc) is 2.86. The number of halogens is 1. The standard InChI is InChI=1S/C26H30ClN3O3/c1-33-25(31)29-14-6-12-26(32,20-8-5-13-28-17-20)21-9-4-10-22(27)24(21)19-15-18-7-2-3-11-23(18)30-16-19/h2-4,7,9-11,15-16,20,28,32H,5-6,8,12-14,17H2,1H3,(H,29,31). The van der Waals surface area contributed by atoms with Crippen LogP contribution in [0.2, 0.25) is 5.02 Å². The summed E-state index contributed by atoms with van der Waals surface area (Å²) in [5, 5.41) is 20.0. The Labute approximate surface area is 199 Å². The Hall–Kier alpha value is -2.67. The van der Waals surface area contributed by atoms with Crippen molar-refractivity contribution in [3.8, 4) is 11.1 Å². The van der Waals surface area contributed by atoms with Crippen molar-refractivity contribution in [1.29, 1.82) is 0 Å². The van der Waals surface area contributed by atoms with E-state index in [2.05, 4.69) is 26.4 Å². The second-order valence-corrected chi connectivity index (χ2v) is 8.98. The zero-order valence-electron chi connectivity index (χ0n) is 18.8. The number of para-hydroxylation sites is 1. The highest BCUT2D eigenvalue weighted by molar-refractivity contribution is 6.33. The first-order valence-corrected chi connectivity index (χ1v) is 11.8. The van der Waals surface area contributed by atoms with E-state index in [-0.39, 0.29) is 5.92 Å². The molecule has 4 rings (SSSR count). The number of aromatic nitrogens is 1. The number of carbonyl (C=O) groups excluding carboxylic acids is 1. The lowest BCUT2D eigenvalue weighted by molar-refractivity contribution is -0.0415. The van der Waals surface area contributed by atoms with Crippen LogP contribution in [0.4, 0.5) is 4.79 Å². The molecule has 2 aromatic carbocycles. The van der Waals surface area contributed by atoms with E-state index in [1.807, 2.05) is 48.7 Å². The number of alkyl carbamates (subject to hydrolysis) is 1. The summed E-state index contributed by atoms with van der Waals surface area (Å²) in [7, 11) is 1.34. The summed E-state index contributed by atoms with van der Waals surface area (Å²) < 4.78 is 4.66. The number of rotatable bonds is 7. The first-order valence-electron chi connectivity index (χ1n) is 11.4. The van der Waals surface area contributed by atoms with Crippen LogP contribution in [0, 0.1) is 5.92 Å². The lowest BCUT2D eigenvalue weighted by atomic mass is 9.72. The molecule has 0 aliphatic carbocycles. The Bertz CT molecular complexity index is 1120. The predicted molar refractivity (Wildman–Crippen MR) is 131 cm³/mol. The summed E-state index contributed by atoms with van der Waals surface area (Å²) >= 11 is 6.75. The minimum absolute atomic E-state index is 0.0232. The molecule has 2 heterocycles. The van der Waals surface area contributed by atoms with E-state index in [4.69, 9.17) is 11.6 Å². The lowest BCUT2D eigenvalue weighted by Crippen LogP contribution is -2.45. The number of aliphatic hydroxyl groups is 1. The molecule has 1 saturated heterocycles. The van der Waals surface area contributed by atoms with Crippen molar-refractivity contribution in [2.75, 3.05) is 26.7 Å². The molecular weight excluding hydrogens is 438 g/mol. The molecule has 0 radical (unpaired) electrons. The smallest absolute Gasteiger partial charge is 0.406 e. The molecule has 3 N–H and O–H groups in total. The molecule has 7 heteroatoms. The Morgan fingerprint density at radius 1 is 1.30 bits per heavy atom. The van der Waals surface area contributed by atoms with Crippen molar-refractivity contribution in [3.05, 3.63) is 65.3 Å². The summed E-state index contributed by atoms with van der Waals surface area (Å²) in [5.41, 5.74) is 2.29. The van der Waals surface area contributed by atoms with Gasteiger partial charge in [-0.25, -0.2) is 4.79 Å². The number of hydrogen-bond acceptors (Lipinski definition) is 5. The Kier molecular flexibility index (Phi) is 7.48. The van der Waals surface area contributed by atoms with Gasteiger partial charge in [0.1, 0.15) is 0 Å². The monoisotopic (exact) mass is 467 g/mol. The molecule has 1 aromatic heterocycles. The molecule has 1 amide bonds. The number of amides is 1. The van der Waals surface area contributed by atoms with Crippen molar-refractivity contribution < 1.29 is 14.6 Å². The number of pyridine rings is 1. The number of piperidine rings is 1. The number of hydrogen-bond donors (Lipinski definition) is 3. The van der Waals surface area contributed by atoms with Crippen LogP contribution in [0.3, 0.4) is 0 Å². The van der Waals surface area contributed by atoms with Crippen molar-refractivity contribution in [2.24, 2.45) is 5.92 Å². The number of methoxy groups -OCH3 is 1. The quantitative estimate of drug-likeness (QED) is 0.431. The molecule has 1 aliphatic rings. The zero-order valence-corrected chi connectivity index (χ0v) is 19.6. The largest absolute Gasteiger partial charge is 0.453 e. The fraction of sp³-hybridized carbons (Fsp3) is 0.385. The minimum Gasteiger partial charge on any atom is -0.453 e. The van der Waals surface area contributed by atoms with Gasteiger partial charge in [0.15, 0.2) is 0 Å². The topological polar surface area (TPSA) is 83.5 Å². The van der Waals surface area contributed by atoms with E-state index < -0.39 is 11.7 Å². The molecular formula is C26H30ClN3O3. The molecule has 1 aliphatic heterocycles. The highest BCUT2D eigenvalue weighted by atomic mass is 35.5. The first kappa shape index (κ1) is 23.5. The minimum atomic E-state index is -1.11. The normalized spacial score (nSPS) is 18.0. The Morgan fingerprint density at radius 2 is 2.15 bits per heavy atom. The van der Waals surface area contributed by atoms with Crippen molar-refractivity contribution in [3.63, 3.8) is 0 Å². The number of benzene rings is 2. The van der Waals surface area contributed by atoms with Crippen molar-refractivity contribution in [2.45, 2.75) is 31.3 Å². The van der Waals surface area contributed by atoms with Crippen LogP contribution in [0.15, 0.2) is 54.7 Å². The van der Waals surface area contributed by atoms with Crippen LogP contribution < -0.4 is 10.6 Å². The van der Waals surface area contributed by atoms with Gasteiger partial charge in [0, 0.05) is 46.7 Å². The number of nitrogens with one attached hydrogen (secondary N) is 2. The molecule has 174 valence electrons. The molecule has 6 nitrogen and oxygen atoms in total. The van der Waals surface area contributed by atoms with Gasteiger partial charge >= 0.3 is 6.09 Å². The number of carbonyl (C=O) groups is 1. The summed E-state index contributed by atoms with van der Waals surface area (Å²) in [4.78, 5) is 16.1. The van der Waals surface area contributed by atoms with E-state index in [0.29, 0.717) is 24.4 Å². The third kappa shape index (κ3) is 5.13. The predicted octanol–water partition coefficient (Wildman–Crippen LogP) is 4.88. The summed E-state index contributed by atoms with van der Waals surface area (Å²) in [6.45, 7) is 2.10. The Morgan fingerprint density at radius 3 is 2.94 bits per heavy atom.